The number of anilines is 2. The molecule has 1 heterocycles. The van der Waals surface area contributed by atoms with E-state index < -0.39 is 10.2 Å². The molecule has 100 valence electrons. The highest BCUT2D eigenvalue weighted by Crippen LogP contribution is 2.36. The summed E-state index contributed by atoms with van der Waals surface area (Å²) in [6, 6.07) is 5.44. The lowest BCUT2D eigenvalue weighted by Crippen LogP contribution is -2.44. The van der Waals surface area contributed by atoms with Crippen molar-refractivity contribution in [3.63, 3.8) is 0 Å². The van der Waals surface area contributed by atoms with Gasteiger partial charge in [-0.1, -0.05) is 12.1 Å². The van der Waals surface area contributed by atoms with Gasteiger partial charge >= 0.3 is 10.2 Å². The van der Waals surface area contributed by atoms with E-state index in [0.717, 1.165) is 5.56 Å². The minimum absolute atomic E-state index is 0.0796. The highest BCUT2D eigenvalue weighted by atomic mass is 32.2. The van der Waals surface area contributed by atoms with Crippen molar-refractivity contribution >= 4 is 21.6 Å². The van der Waals surface area contributed by atoms with Gasteiger partial charge in [-0.3, -0.25) is 4.31 Å². The molecule has 0 saturated heterocycles. The van der Waals surface area contributed by atoms with Gasteiger partial charge in [0.15, 0.2) is 0 Å². The molecule has 0 unspecified atom stereocenters. The molecule has 0 aliphatic carbocycles. The van der Waals surface area contributed by atoms with Gasteiger partial charge in [0.25, 0.3) is 0 Å². The first-order valence-electron chi connectivity index (χ1n) is 5.98. The van der Waals surface area contributed by atoms with E-state index in [1.807, 2.05) is 26.0 Å². The molecule has 1 aromatic rings. The maximum atomic E-state index is 12.5. The van der Waals surface area contributed by atoms with Crippen LogP contribution in [0.4, 0.5) is 11.4 Å². The van der Waals surface area contributed by atoms with Crippen LogP contribution in [0.1, 0.15) is 19.4 Å². The summed E-state index contributed by atoms with van der Waals surface area (Å²) < 4.78 is 27.8. The minimum Gasteiger partial charge on any atom is -0.397 e. The maximum absolute atomic E-state index is 12.5. The maximum Gasteiger partial charge on any atom is 0.304 e. The van der Waals surface area contributed by atoms with E-state index in [-0.39, 0.29) is 6.04 Å². The lowest BCUT2D eigenvalue weighted by atomic mass is 10.1. The van der Waals surface area contributed by atoms with Crippen molar-refractivity contribution in [1.82, 2.24) is 4.31 Å². The highest BCUT2D eigenvalue weighted by molar-refractivity contribution is 7.90. The molecule has 0 bridgehead atoms. The normalized spacial score (nSPS) is 15.5. The molecular formula is C12H19N3O2S. The Hall–Kier alpha value is -1.27. The Kier molecular flexibility index (Phi) is 3.25. The third-order valence-electron chi connectivity index (χ3n) is 3.35. The van der Waals surface area contributed by atoms with Crippen LogP contribution in [-0.4, -0.2) is 32.4 Å². The molecule has 0 saturated carbocycles. The molecule has 6 heteroatoms. The van der Waals surface area contributed by atoms with Gasteiger partial charge in [0.2, 0.25) is 0 Å². The van der Waals surface area contributed by atoms with Gasteiger partial charge in [0, 0.05) is 19.6 Å². The number of fused-ring (bicyclic) bond motifs is 1. The van der Waals surface area contributed by atoms with Gasteiger partial charge in [-0.25, -0.2) is 0 Å². The molecule has 0 spiro atoms. The lowest BCUT2D eigenvalue weighted by Gasteiger charge is -2.29. The second-order valence-electron chi connectivity index (χ2n) is 4.79. The summed E-state index contributed by atoms with van der Waals surface area (Å²) >= 11 is 0. The molecule has 2 rings (SSSR count). The van der Waals surface area contributed by atoms with Crippen LogP contribution in [0.15, 0.2) is 18.2 Å². The topological polar surface area (TPSA) is 66.6 Å². The van der Waals surface area contributed by atoms with Crippen molar-refractivity contribution < 1.29 is 8.42 Å². The summed E-state index contributed by atoms with van der Waals surface area (Å²) in [5.74, 6) is 0. The molecule has 2 N–H and O–H groups in total. The van der Waals surface area contributed by atoms with Crippen molar-refractivity contribution in [3.05, 3.63) is 23.8 Å². The highest BCUT2D eigenvalue weighted by Gasteiger charge is 2.34. The number of rotatable bonds is 3. The number of benzene rings is 1. The third-order valence-corrected chi connectivity index (χ3v) is 5.43. The van der Waals surface area contributed by atoms with Crippen molar-refractivity contribution in [1.29, 1.82) is 0 Å². The first-order valence-corrected chi connectivity index (χ1v) is 7.38. The average molecular weight is 269 g/mol. The molecule has 0 radical (unpaired) electrons. The van der Waals surface area contributed by atoms with Gasteiger partial charge in [0.05, 0.1) is 11.4 Å². The molecular weight excluding hydrogens is 250 g/mol. The third kappa shape index (κ3) is 1.95. The molecule has 18 heavy (non-hydrogen) atoms. The van der Waals surface area contributed by atoms with Crippen LogP contribution in [-0.2, 0) is 16.6 Å². The van der Waals surface area contributed by atoms with Crippen LogP contribution in [0.25, 0.3) is 0 Å². The average Bonchev–Trinajstić information content (AvgIpc) is 2.73. The van der Waals surface area contributed by atoms with E-state index in [0.29, 0.717) is 24.3 Å². The summed E-state index contributed by atoms with van der Waals surface area (Å²) in [6.45, 7) is 4.16. The van der Waals surface area contributed by atoms with Gasteiger partial charge in [-0.2, -0.15) is 12.7 Å². The quantitative estimate of drug-likeness (QED) is 0.839. The summed E-state index contributed by atoms with van der Waals surface area (Å²) in [5, 5.41) is 0. The van der Waals surface area contributed by atoms with Crippen molar-refractivity contribution in [2.24, 2.45) is 0 Å². The Balaban J connectivity index is 2.46. The van der Waals surface area contributed by atoms with E-state index >= 15 is 0 Å². The Morgan fingerprint density at radius 3 is 2.67 bits per heavy atom. The lowest BCUT2D eigenvalue weighted by molar-refractivity contribution is 0.409. The van der Waals surface area contributed by atoms with E-state index in [2.05, 4.69) is 0 Å². The molecule has 1 aliphatic heterocycles. The molecule has 0 amide bonds. The van der Waals surface area contributed by atoms with Gasteiger partial charge in [0.1, 0.15) is 0 Å². The minimum atomic E-state index is -3.49. The number of nitrogen functional groups attached to an aromatic ring is 1. The second-order valence-corrected chi connectivity index (χ2v) is 6.71. The second kappa shape index (κ2) is 4.44. The molecule has 0 fully saturated rings. The molecule has 0 atom stereocenters. The smallest absolute Gasteiger partial charge is 0.304 e. The summed E-state index contributed by atoms with van der Waals surface area (Å²) in [6.07, 6.45) is 0.714. The van der Waals surface area contributed by atoms with E-state index in [1.165, 1.54) is 8.61 Å². The largest absolute Gasteiger partial charge is 0.397 e. The van der Waals surface area contributed by atoms with Crippen molar-refractivity contribution in [2.75, 3.05) is 23.6 Å². The molecule has 0 aromatic heterocycles. The molecule has 5 nitrogen and oxygen atoms in total. The van der Waals surface area contributed by atoms with Crippen molar-refractivity contribution in [2.45, 2.75) is 26.3 Å². The number of hydrogen-bond donors (Lipinski definition) is 1. The van der Waals surface area contributed by atoms with E-state index in [4.69, 9.17) is 5.73 Å². The van der Waals surface area contributed by atoms with Crippen LogP contribution >= 0.6 is 0 Å². The monoisotopic (exact) mass is 269 g/mol. The van der Waals surface area contributed by atoms with Gasteiger partial charge < -0.3 is 5.73 Å². The van der Waals surface area contributed by atoms with Crippen LogP contribution in [0.5, 0.6) is 0 Å². The SMILES string of the molecule is CC(C)N(C)S(=O)(=O)N1CCc2cccc(N)c21. The molecule has 1 aliphatic rings. The predicted octanol–water partition coefficient (Wildman–Crippen LogP) is 1.22. The fraction of sp³-hybridized carbons (Fsp3) is 0.500. The van der Waals surface area contributed by atoms with E-state index in [9.17, 15) is 8.42 Å². The number of nitrogens with zero attached hydrogens (tertiary/aromatic N) is 2. The Morgan fingerprint density at radius 2 is 2.06 bits per heavy atom. The summed E-state index contributed by atoms with van der Waals surface area (Å²) in [5.41, 5.74) is 8.07. The molecule has 1 aromatic carbocycles. The fourth-order valence-corrected chi connectivity index (χ4v) is 3.72. The summed E-state index contributed by atoms with van der Waals surface area (Å²) in [4.78, 5) is 0. The van der Waals surface area contributed by atoms with Crippen LogP contribution < -0.4 is 10.0 Å². The first-order chi connectivity index (χ1) is 8.35. The fourth-order valence-electron chi connectivity index (χ4n) is 2.10. The number of para-hydroxylation sites is 1. The van der Waals surface area contributed by atoms with Gasteiger partial charge in [-0.15, -0.1) is 0 Å². The zero-order valence-corrected chi connectivity index (χ0v) is 11.7. The first kappa shape index (κ1) is 13.2. The van der Waals surface area contributed by atoms with Gasteiger partial charge in [-0.05, 0) is 31.9 Å². The van der Waals surface area contributed by atoms with Crippen LogP contribution in [0.3, 0.4) is 0 Å². The standard InChI is InChI=1S/C12H19N3O2S/c1-9(2)14(3)18(16,17)15-8-7-10-5-4-6-11(13)12(10)15/h4-6,9H,7-8,13H2,1-3H3. The predicted molar refractivity (Wildman–Crippen MR) is 73.7 cm³/mol. The summed E-state index contributed by atoms with van der Waals surface area (Å²) in [7, 11) is -1.89. The van der Waals surface area contributed by atoms with E-state index in [1.54, 1.807) is 13.1 Å². The van der Waals surface area contributed by atoms with Crippen LogP contribution in [0.2, 0.25) is 0 Å². The zero-order chi connectivity index (χ0) is 13.5. The number of nitrogens with two attached hydrogens (primary N) is 1. The Morgan fingerprint density at radius 1 is 1.39 bits per heavy atom. The van der Waals surface area contributed by atoms with Crippen LogP contribution in [0, 0.1) is 0 Å². The zero-order valence-electron chi connectivity index (χ0n) is 10.9. The Bertz CT molecular complexity index is 554. The van der Waals surface area contributed by atoms with Crippen molar-refractivity contribution in [3.8, 4) is 0 Å². The Labute approximate surface area is 108 Å². The number of hydrogen-bond acceptors (Lipinski definition) is 3.